The molecule has 0 atom stereocenters. The van der Waals surface area contributed by atoms with Crippen LogP contribution in [0.1, 0.15) is 70.7 Å². The number of benzene rings is 1. The molecule has 4 amide bonds. The number of hydrogen-bond donors (Lipinski definition) is 3. The lowest BCUT2D eigenvalue weighted by Gasteiger charge is -2.32. The summed E-state index contributed by atoms with van der Waals surface area (Å²) in [5.74, 6) is -0.536. The van der Waals surface area contributed by atoms with Gasteiger partial charge in [-0.1, -0.05) is 0 Å². The van der Waals surface area contributed by atoms with Crippen LogP contribution in [-0.2, 0) is 22.3 Å². The number of hydrogen-bond acceptors (Lipinski definition) is 7. The highest BCUT2D eigenvalue weighted by molar-refractivity contribution is 7.17. The molecular weight excluding hydrogens is 520 g/mol. The monoisotopic (exact) mass is 556 g/mol. The first-order valence-electron chi connectivity index (χ1n) is 13.6. The van der Waals surface area contributed by atoms with Gasteiger partial charge in [0.2, 0.25) is 0 Å². The van der Waals surface area contributed by atoms with E-state index in [1.807, 2.05) is 0 Å². The average Bonchev–Trinajstić information content (AvgIpc) is 3.30. The molecular formula is C28H36N4O6S. The zero-order chi connectivity index (χ0) is 27.8. The standard InChI is InChI=1S/C28H36N4O6S/c1-3-37-25(33)19-9-11-20(12-10-19)30-28(36)32-15-13-18(14-16-32)17-29-27(35)31-24-23(26(34)38-4-2)21-7-5-6-8-22(21)39-24/h9-12,18H,3-8,13-17H2,1-2H3,(H,30,36)(H2,29,31,35). The van der Waals surface area contributed by atoms with E-state index in [2.05, 4.69) is 16.0 Å². The van der Waals surface area contributed by atoms with Crippen LogP contribution in [0.5, 0.6) is 0 Å². The van der Waals surface area contributed by atoms with Crippen molar-refractivity contribution in [3.8, 4) is 0 Å². The van der Waals surface area contributed by atoms with E-state index in [0.29, 0.717) is 48.1 Å². The highest BCUT2D eigenvalue weighted by Crippen LogP contribution is 2.38. The largest absolute Gasteiger partial charge is 0.462 e. The van der Waals surface area contributed by atoms with E-state index < -0.39 is 5.97 Å². The fourth-order valence-corrected chi connectivity index (χ4v) is 6.18. The van der Waals surface area contributed by atoms with E-state index in [4.69, 9.17) is 9.47 Å². The van der Waals surface area contributed by atoms with Crippen LogP contribution in [0.25, 0.3) is 0 Å². The Labute approximate surface area is 232 Å². The van der Waals surface area contributed by atoms with E-state index in [9.17, 15) is 19.2 Å². The van der Waals surface area contributed by atoms with Gasteiger partial charge in [0.15, 0.2) is 0 Å². The molecule has 0 unspecified atom stereocenters. The second-order valence-corrected chi connectivity index (χ2v) is 10.7. The summed E-state index contributed by atoms with van der Waals surface area (Å²) in [6.07, 6.45) is 5.38. The summed E-state index contributed by atoms with van der Waals surface area (Å²) < 4.78 is 10.2. The van der Waals surface area contributed by atoms with Gasteiger partial charge in [0.25, 0.3) is 0 Å². The number of anilines is 2. The Bertz CT molecular complexity index is 1190. The fraction of sp³-hybridized carbons (Fsp3) is 0.500. The number of rotatable bonds is 8. The number of fused-ring (bicyclic) bond motifs is 1. The Kier molecular flexibility index (Phi) is 9.80. The van der Waals surface area contributed by atoms with Gasteiger partial charge in [-0.2, -0.15) is 0 Å². The Morgan fingerprint density at radius 3 is 2.28 bits per heavy atom. The van der Waals surface area contributed by atoms with Crippen LogP contribution in [0.4, 0.5) is 20.3 Å². The maximum absolute atomic E-state index is 12.7. The quantitative estimate of drug-likeness (QED) is 0.391. The van der Waals surface area contributed by atoms with Crippen molar-refractivity contribution < 1.29 is 28.7 Å². The van der Waals surface area contributed by atoms with E-state index in [0.717, 1.165) is 49.0 Å². The molecule has 1 aliphatic heterocycles. The molecule has 2 heterocycles. The molecule has 1 saturated heterocycles. The van der Waals surface area contributed by atoms with Gasteiger partial charge in [0.1, 0.15) is 5.00 Å². The molecule has 0 saturated carbocycles. The van der Waals surface area contributed by atoms with E-state index in [1.165, 1.54) is 11.3 Å². The highest BCUT2D eigenvalue weighted by atomic mass is 32.1. The van der Waals surface area contributed by atoms with Crippen molar-refractivity contribution in [2.75, 3.05) is 43.5 Å². The number of likely N-dealkylation sites (tertiary alicyclic amines) is 1. The lowest BCUT2D eigenvalue weighted by Crippen LogP contribution is -2.43. The number of nitrogens with one attached hydrogen (secondary N) is 3. The van der Waals surface area contributed by atoms with E-state index >= 15 is 0 Å². The minimum atomic E-state index is -0.395. The average molecular weight is 557 g/mol. The third kappa shape index (κ3) is 7.29. The number of aryl methyl sites for hydroxylation is 1. The van der Waals surface area contributed by atoms with Gasteiger partial charge in [0, 0.05) is 30.2 Å². The molecule has 0 bridgehead atoms. The maximum Gasteiger partial charge on any atom is 0.341 e. The summed E-state index contributed by atoms with van der Waals surface area (Å²) in [6, 6.07) is 6.06. The highest BCUT2D eigenvalue weighted by Gasteiger charge is 2.28. The number of urea groups is 2. The second kappa shape index (κ2) is 13.5. The number of esters is 2. The van der Waals surface area contributed by atoms with Crippen LogP contribution < -0.4 is 16.0 Å². The van der Waals surface area contributed by atoms with Crippen molar-refractivity contribution in [1.29, 1.82) is 0 Å². The first-order valence-corrected chi connectivity index (χ1v) is 14.4. The molecule has 3 N–H and O–H groups in total. The molecule has 2 aromatic rings. The van der Waals surface area contributed by atoms with Crippen molar-refractivity contribution in [1.82, 2.24) is 10.2 Å². The third-order valence-electron chi connectivity index (χ3n) is 6.98. The van der Waals surface area contributed by atoms with Gasteiger partial charge < -0.3 is 25.0 Å². The number of piperidine rings is 1. The number of thiophene rings is 1. The zero-order valence-electron chi connectivity index (χ0n) is 22.5. The lowest BCUT2D eigenvalue weighted by molar-refractivity contribution is 0.0517. The number of carbonyl (C=O) groups excluding carboxylic acids is 4. The van der Waals surface area contributed by atoms with Gasteiger partial charge in [0.05, 0.1) is 24.3 Å². The minimum Gasteiger partial charge on any atom is -0.462 e. The first kappa shape index (κ1) is 28.4. The van der Waals surface area contributed by atoms with Crippen molar-refractivity contribution >= 4 is 46.0 Å². The molecule has 10 nitrogen and oxygen atoms in total. The summed E-state index contributed by atoms with van der Waals surface area (Å²) in [5, 5.41) is 9.24. The Morgan fingerprint density at radius 2 is 1.59 bits per heavy atom. The van der Waals surface area contributed by atoms with Gasteiger partial charge in [-0.25, -0.2) is 19.2 Å². The molecule has 39 heavy (non-hydrogen) atoms. The summed E-state index contributed by atoms with van der Waals surface area (Å²) in [4.78, 5) is 52.7. The molecule has 4 rings (SSSR count). The number of ether oxygens (including phenoxy) is 2. The van der Waals surface area contributed by atoms with Crippen LogP contribution in [-0.4, -0.2) is 61.7 Å². The summed E-state index contributed by atoms with van der Waals surface area (Å²) >= 11 is 1.47. The predicted molar refractivity (Wildman–Crippen MR) is 150 cm³/mol. The molecule has 1 aromatic heterocycles. The molecule has 1 aliphatic carbocycles. The van der Waals surface area contributed by atoms with Crippen LogP contribution in [0.15, 0.2) is 24.3 Å². The molecule has 0 spiro atoms. The SMILES string of the molecule is CCOC(=O)c1ccc(NC(=O)N2CCC(CNC(=O)Nc3sc4c(c3C(=O)OCC)CCCC4)CC2)cc1. The minimum absolute atomic E-state index is 0.198. The van der Waals surface area contributed by atoms with Gasteiger partial charge in [-0.3, -0.25) is 5.32 Å². The van der Waals surface area contributed by atoms with Gasteiger partial charge >= 0.3 is 24.0 Å². The molecule has 2 aliphatic rings. The van der Waals surface area contributed by atoms with Crippen LogP contribution in [0.3, 0.4) is 0 Å². The zero-order valence-corrected chi connectivity index (χ0v) is 23.3. The molecule has 11 heteroatoms. The van der Waals surface area contributed by atoms with Gasteiger partial charge in [-0.05, 0) is 88.1 Å². The van der Waals surface area contributed by atoms with Gasteiger partial charge in [-0.15, -0.1) is 11.3 Å². The summed E-state index contributed by atoms with van der Waals surface area (Å²) in [7, 11) is 0. The van der Waals surface area contributed by atoms with E-state index in [1.54, 1.807) is 43.0 Å². The molecule has 1 aromatic carbocycles. The Balaban J connectivity index is 1.23. The Hall–Kier alpha value is -3.60. The van der Waals surface area contributed by atoms with Crippen molar-refractivity contribution in [2.24, 2.45) is 5.92 Å². The molecule has 210 valence electrons. The predicted octanol–water partition coefficient (Wildman–Crippen LogP) is 5.05. The number of carbonyl (C=O) groups is 4. The van der Waals surface area contributed by atoms with E-state index in [-0.39, 0.29) is 30.6 Å². The topological polar surface area (TPSA) is 126 Å². The molecule has 1 fully saturated rings. The van der Waals surface area contributed by atoms with Crippen molar-refractivity contribution in [2.45, 2.75) is 52.4 Å². The maximum atomic E-state index is 12.7. The lowest BCUT2D eigenvalue weighted by atomic mass is 9.95. The van der Waals surface area contributed by atoms with Crippen LogP contribution >= 0.6 is 11.3 Å². The smallest absolute Gasteiger partial charge is 0.341 e. The number of nitrogens with zero attached hydrogens (tertiary/aromatic N) is 1. The third-order valence-corrected chi connectivity index (χ3v) is 8.19. The van der Waals surface area contributed by atoms with Crippen LogP contribution in [0.2, 0.25) is 0 Å². The second-order valence-electron chi connectivity index (χ2n) is 9.63. The first-order chi connectivity index (χ1) is 18.9. The summed E-state index contributed by atoms with van der Waals surface area (Å²) in [6.45, 7) is 5.75. The number of amides is 4. The Morgan fingerprint density at radius 1 is 0.923 bits per heavy atom. The van der Waals surface area contributed by atoms with Crippen molar-refractivity contribution in [3.05, 3.63) is 45.8 Å². The fourth-order valence-electron chi connectivity index (χ4n) is 4.90. The normalized spacial score (nSPS) is 15.2. The summed E-state index contributed by atoms with van der Waals surface area (Å²) in [5.41, 5.74) is 2.55. The molecule has 0 radical (unpaired) electrons. The van der Waals surface area contributed by atoms with Crippen molar-refractivity contribution in [3.63, 3.8) is 0 Å². The van der Waals surface area contributed by atoms with Crippen LogP contribution in [0, 0.1) is 5.92 Å².